The van der Waals surface area contributed by atoms with Crippen molar-refractivity contribution in [3.05, 3.63) is 89.4 Å². The molecule has 30 heavy (non-hydrogen) atoms. The van der Waals surface area contributed by atoms with E-state index in [1.165, 1.54) is 0 Å². The van der Waals surface area contributed by atoms with Crippen LogP contribution in [0.15, 0.2) is 78.9 Å². The predicted octanol–water partition coefficient (Wildman–Crippen LogP) is 5.31. The average molecular weight is 422 g/mol. The normalized spacial score (nSPS) is 11.5. The number of benzene rings is 3. The lowest BCUT2D eigenvalue weighted by Gasteiger charge is -2.12. The van der Waals surface area contributed by atoms with Gasteiger partial charge in [-0.3, -0.25) is 14.4 Å². The molecule has 3 aromatic carbocycles. The number of halogens is 1. The van der Waals surface area contributed by atoms with Crippen LogP contribution in [0.1, 0.15) is 23.2 Å². The van der Waals surface area contributed by atoms with E-state index in [0.717, 1.165) is 11.1 Å². The van der Waals surface area contributed by atoms with E-state index in [4.69, 9.17) is 11.6 Å². The summed E-state index contributed by atoms with van der Waals surface area (Å²) in [5, 5.41) is 12.6. The number of hydrogen-bond acceptors (Lipinski definition) is 3. The first-order valence-corrected chi connectivity index (χ1v) is 9.77. The minimum atomic E-state index is -1.18. The molecule has 6 heteroatoms. The van der Waals surface area contributed by atoms with Gasteiger partial charge >= 0.3 is 5.97 Å². The Hall–Kier alpha value is -3.44. The molecule has 3 aromatic rings. The fourth-order valence-electron chi connectivity index (χ4n) is 3.04. The number of carbonyl (C=O) groups is 3. The monoisotopic (exact) mass is 421 g/mol. The summed E-state index contributed by atoms with van der Waals surface area (Å²) in [6.45, 7) is 0. The van der Waals surface area contributed by atoms with Crippen molar-refractivity contribution in [2.75, 3.05) is 5.32 Å². The van der Waals surface area contributed by atoms with Crippen molar-refractivity contribution in [1.29, 1.82) is 0 Å². The van der Waals surface area contributed by atoms with Gasteiger partial charge in [-0.05, 0) is 35.4 Å². The van der Waals surface area contributed by atoms with Crippen LogP contribution in [-0.4, -0.2) is 22.8 Å². The molecule has 2 N–H and O–H groups in total. The fourth-order valence-corrected chi connectivity index (χ4v) is 3.16. The molecule has 3 rings (SSSR count). The number of anilines is 1. The smallest absolute Gasteiger partial charge is 0.307 e. The largest absolute Gasteiger partial charge is 0.481 e. The Kier molecular flexibility index (Phi) is 6.99. The zero-order chi connectivity index (χ0) is 21.5. The Balaban J connectivity index is 1.62. The zero-order valence-corrected chi connectivity index (χ0v) is 16.8. The van der Waals surface area contributed by atoms with E-state index in [-0.39, 0.29) is 18.6 Å². The third kappa shape index (κ3) is 5.78. The van der Waals surface area contributed by atoms with Gasteiger partial charge in [0.15, 0.2) is 5.78 Å². The number of carbonyl (C=O) groups excluding carboxylic acids is 2. The molecule has 1 unspecified atom stereocenters. The number of amides is 1. The highest BCUT2D eigenvalue weighted by molar-refractivity contribution is 6.30. The van der Waals surface area contributed by atoms with Crippen LogP contribution in [0.3, 0.4) is 0 Å². The second-order valence-electron chi connectivity index (χ2n) is 6.87. The molecule has 0 aromatic heterocycles. The molecule has 1 atom stereocenters. The van der Waals surface area contributed by atoms with Gasteiger partial charge in [-0.25, -0.2) is 0 Å². The highest BCUT2D eigenvalue weighted by Crippen LogP contribution is 2.21. The van der Waals surface area contributed by atoms with Crippen LogP contribution >= 0.6 is 11.6 Å². The van der Waals surface area contributed by atoms with Crippen LogP contribution in [0.4, 0.5) is 5.69 Å². The molecule has 1 amide bonds. The average Bonchev–Trinajstić information content (AvgIpc) is 2.75. The second kappa shape index (κ2) is 9.85. The summed E-state index contributed by atoms with van der Waals surface area (Å²) in [5.74, 6) is -3.09. The van der Waals surface area contributed by atoms with E-state index >= 15 is 0 Å². The molecule has 0 fully saturated rings. The molecule has 0 saturated heterocycles. The first-order valence-electron chi connectivity index (χ1n) is 9.39. The summed E-state index contributed by atoms with van der Waals surface area (Å²) in [6, 6.07) is 23.2. The molecule has 0 saturated carbocycles. The summed E-state index contributed by atoms with van der Waals surface area (Å²) in [7, 11) is 0. The highest BCUT2D eigenvalue weighted by atomic mass is 35.5. The Morgan fingerprint density at radius 2 is 1.40 bits per heavy atom. The number of Topliss-reactive ketones (excluding diaryl/α,β-unsaturated/α-hetero) is 1. The number of nitrogens with one attached hydrogen (secondary N) is 1. The predicted molar refractivity (Wildman–Crippen MR) is 117 cm³/mol. The lowest BCUT2D eigenvalue weighted by Crippen LogP contribution is -2.24. The first-order chi connectivity index (χ1) is 14.4. The summed E-state index contributed by atoms with van der Waals surface area (Å²) < 4.78 is 0. The second-order valence-corrected chi connectivity index (χ2v) is 7.30. The van der Waals surface area contributed by atoms with Crippen molar-refractivity contribution < 1.29 is 19.5 Å². The molecule has 0 aliphatic carbocycles. The van der Waals surface area contributed by atoms with Crippen LogP contribution in [0.25, 0.3) is 11.1 Å². The molecule has 0 spiro atoms. The van der Waals surface area contributed by atoms with Crippen molar-refractivity contribution in [3.8, 4) is 11.1 Å². The van der Waals surface area contributed by atoms with Gasteiger partial charge in [0.2, 0.25) is 5.91 Å². The van der Waals surface area contributed by atoms with Crippen molar-refractivity contribution in [2.24, 2.45) is 5.92 Å². The Labute approximate surface area is 179 Å². The minimum Gasteiger partial charge on any atom is -0.481 e. The van der Waals surface area contributed by atoms with Gasteiger partial charge in [0.1, 0.15) is 0 Å². The highest BCUT2D eigenvalue weighted by Gasteiger charge is 2.25. The maximum Gasteiger partial charge on any atom is 0.307 e. The summed E-state index contributed by atoms with van der Waals surface area (Å²) >= 11 is 5.81. The maximum atomic E-state index is 12.6. The van der Waals surface area contributed by atoms with Crippen molar-refractivity contribution in [3.63, 3.8) is 0 Å². The number of hydrogen-bond donors (Lipinski definition) is 2. The maximum absolute atomic E-state index is 12.6. The number of carboxylic acid groups (broad SMARTS) is 1. The van der Waals surface area contributed by atoms with Gasteiger partial charge in [0.05, 0.1) is 5.92 Å². The SMILES string of the molecule is O=C(CC(CC(=O)c1ccc(-c2ccccc2)cc1)C(=O)O)Nc1ccc(Cl)cc1. The number of aliphatic carboxylic acids is 1. The molecule has 0 radical (unpaired) electrons. The van der Waals surface area contributed by atoms with Gasteiger partial charge in [-0.2, -0.15) is 0 Å². The van der Waals surface area contributed by atoms with Crippen molar-refractivity contribution in [1.82, 2.24) is 0 Å². The van der Waals surface area contributed by atoms with Crippen LogP contribution in [0.5, 0.6) is 0 Å². The number of carboxylic acids is 1. The molecule has 5 nitrogen and oxygen atoms in total. The lowest BCUT2D eigenvalue weighted by molar-refractivity contribution is -0.143. The molecular weight excluding hydrogens is 402 g/mol. The minimum absolute atomic E-state index is 0.256. The van der Waals surface area contributed by atoms with Gasteiger partial charge in [0.25, 0.3) is 0 Å². The van der Waals surface area contributed by atoms with Crippen LogP contribution in [0, 0.1) is 5.92 Å². The number of ketones is 1. The van der Waals surface area contributed by atoms with Crippen LogP contribution in [-0.2, 0) is 9.59 Å². The molecule has 152 valence electrons. The van der Waals surface area contributed by atoms with Crippen molar-refractivity contribution in [2.45, 2.75) is 12.8 Å². The standard InChI is InChI=1S/C24H20ClNO4/c25-20-10-12-21(13-11-20)26-23(28)15-19(24(29)30)14-22(27)18-8-6-17(7-9-18)16-4-2-1-3-5-16/h1-13,19H,14-15H2,(H,26,28)(H,29,30). The lowest BCUT2D eigenvalue weighted by atomic mass is 9.94. The molecular formula is C24H20ClNO4. The number of rotatable bonds is 8. The van der Waals surface area contributed by atoms with E-state index < -0.39 is 17.8 Å². The summed E-state index contributed by atoms with van der Waals surface area (Å²) in [4.78, 5) is 36.4. The Morgan fingerprint density at radius 3 is 2.00 bits per heavy atom. The zero-order valence-electron chi connectivity index (χ0n) is 16.0. The van der Waals surface area contributed by atoms with E-state index in [1.54, 1.807) is 36.4 Å². The Morgan fingerprint density at radius 1 is 0.800 bits per heavy atom. The van der Waals surface area contributed by atoms with Gasteiger partial charge in [0, 0.05) is 29.1 Å². The van der Waals surface area contributed by atoms with E-state index in [2.05, 4.69) is 5.32 Å². The third-order valence-corrected chi connectivity index (χ3v) is 4.91. The molecule has 0 heterocycles. The summed E-state index contributed by atoms with van der Waals surface area (Å²) in [6.07, 6.45) is -0.556. The molecule has 0 bridgehead atoms. The summed E-state index contributed by atoms with van der Waals surface area (Å²) in [5.41, 5.74) is 2.92. The first kappa shape index (κ1) is 21.3. The topological polar surface area (TPSA) is 83.5 Å². The third-order valence-electron chi connectivity index (χ3n) is 4.65. The van der Waals surface area contributed by atoms with Gasteiger partial charge in [-0.1, -0.05) is 66.2 Å². The van der Waals surface area contributed by atoms with Crippen molar-refractivity contribution >= 4 is 34.9 Å². The van der Waals surface area contributed by atoms with E-state index in [9.17, 15) is 19.5 Å². The van der Waals surface area contributed by atoms with Crippen LogP contribution < -0.4 is 5.32 Å². The fraction of sp³-hybridized carbons (Fsp3) is 0.125. The van der Waals surface area contributed by atoms with Gasteiger partial charge in [-0.15, -0.1) is 0 Å². The van der Waals surface area contributed by atoms with Crippen LogP contribution in [0.2, 0.25) is 5.02 Å². The van der Waals surface area contributed by atoms with E-state index in [1.807, 2.05) is 42.5 Å². The quantitative estimate of drug-likeness (QED) is 0.483. The van der Waals surface area contributed by atoms with Gasteiger partial charge < -0.3 is 10.4 Å². The molecule has 0 aliphatic rings. The Bertz CT molecular complexity index is 1030. The van der Waals surface area contributed by atoms with E-state index in [0.29, 0.717) is 16.3 Å². The molecule has 0 aliphatic heterocycles.